The van der Waals surface area contributed by atoms with Crippen molar-refractivity contribution in [3.05, 3.63) is 65.2 Å². The van der Waals surface area contributed by atoms with E-state index in [2.05, 4.69) is 39.3 Å². The van der Waals surface area contributed by atoms with Crippen LogP contribution in [0.3, 0.4) is 0 Å². The van der Waals surface area contributed by atoms with Gasteiger partial charge in [0.15, 0.2) is 5.65 Å². The summed E-state index contributed by atoms with van der Waals surface area (Å²) in [6.45, 7) is 0. The van der Waals surface area contributed by atoms with Crippen LogP contribution in [-0.4, -0.2) is 37.7 Å². The van der Waals surface area contributed by atoms with Crippen molar-refractivity contribution in [2.45, 2.75) is 38.0 Å². The lowest BCUT2D eigenvalue weighted by Crippen LogP contribution is -2.18. The van der Waals surface area contributed by atoms with Gasteiger partial charge in [0.1, 0.15) is 5.82 Å². The molecule has 0 bridgehead atoms. The van der Waals surface area contributed by atoms with Crippen molar-refractivity contribution < 1.29 is 9.90 Å². The molecule has 7 nitrogen and oxygen atoms in total. The van der Waals surface area contributed by atoms with Crippen molar-refractivity contribution in [3.63, 3.8) is 0 Å². The smallest absolute Gasteiger partial charge is 0.303 e. The summed E-state index contributed by atoms with van der Waals surface area (Å²) >= 11 is 1.67. The summed E-state index contributed by atoms with van der Waals surface area (Å²) in [6, 6.07) is 12.4. The number of hydrogen-bond acceptors (Lipinski definition) is 6. The van der Waals surface area contributed by atoms with Gasteiger partial charge in [-0.15, -0.1) is 0 Å². The molecule has 6 rings (SSSR count). The number of benzene rings is 1. The second kappa shape index (κ2) is 9.35. The number of nitrogens with one attached hydrogen (secondary N) is 1. The first kappa shape index (κ1) is 22.7. The molecule has 1 saturated carbocycles. The van der Waals surface area contributed by atoms with Gasteiger partial charge in [0.05, 0.1) is 17.4 Å². The van der Waals surface area contributed by atoms with E-state index in [4.69, 9.17) is 10.1 Å². The molecule has 2 N–H and O–H groups in total. The molecular weight excluding hydrogens is 470 g/mol. The van der Waals surface area contributed by atoms with Gasteiger partial charge in [-0.1, -0.05) is 18.2 Å². The van der Waals surface area contributed by atoms with Gasteiger partial charge >= 0.3 is 5.97 Å². The summed E-state index contributed by atoms with van der Waals surface area (Å²) in [5.41, 5.74) is 6.97. The Morgan fingerprint density at radius 1 is 1.14 bits per heavy atom. The van der Waals surface area contributed by atoms with E-state index < -0.39 is 5.97 Å². The third kappa shape index (κ3) is 4.01. The number of fused-ring (bicyclic) bond motifs is 2. The third-order valence-electron chi connectivity index (χ3n) is 7.32. The Morgan fingerprint density at radius 2 is 1.97 bits per heavy atom. The number of pyridine rings is 1. The molecule has 4 aromatic heterocycles. The molecule has 8 heteroatoms. The van der Waals surface area contributed by atoms with Crippen molar-refractivity contribution in [3.8, 4) is 22.3 Å². The highest BCUT2D eigenvalue weighted by Gasteiger charge is 2.30. The zero-order valence-electron chi connectivity index (χ0n) is 20.0. The van der Waals surface area contributed by atoms with Crippen molar-refractivity contribution >= 4 is 39.7 Å². The number of carboxylic acids is 1. The molecule has 0 unspecified atom stereocenters. The Hall–Kier alpha value is -3.78. The largest absolute Gasteiger partial charge is 0.481 e. The van der Waals surface area contributed by atoms with Crippen LogP contribution in [0.25, 0.3) is 38.8 Å². The molecule has 182 valence electrons. The lowest BCUT2D eigenvalue weighted by atomic mass is 9.78. The van der Waals surface area contributed by atoms with Crippen molar-refractivity contribution in [1.82, 2.24) is 19.6 Å². The SMILES string of the molecule is CNc1c(-c2ccsc2)c(C2CCC(CC(=O)O)CC2)nc2c(-c3cnc4ccccc4c3)cnn12. The third-order valence-corrected chi connectivity index (χ3v) is 8.00. The maximum atomic E-state index is 11.2. The molecule has 1 aliphatic rings. The predicted octanol–water partition coefficient (Wildman–Crippen LogP) is 6.46. The van der Waals surface area contributed by atoms with Crippen molar-refractivity contribution in [1.29, 1.82) is 0 Å². The van der Waals surface area contributed by atoms with E-state index in [1.807, 2.05) is 42.2 Å². The summed E-state index contributed by atoms with van der Waals surface area (Å²) in [5, 5.41) is 22.7. The monoisotopic (exact) mass is 497 g/mol. The molecule has 1 aliphatic carbocycles. The fourth-order valence-corrected chi connectivity index (χ4v) is 6.18. The van der Waals surface area contributed by atoms with Gasteiger partial charge in [-0.25, -0.2) is 4.98 Å². The first-order chi connectivity index (χ1) is 17.6. The molecule has 1 fully saturated rings. The lowest BCUT2D eigenvalue weighted by Gasteiger charge is -2.29. The van der Waals surface area contributed by atoms with E-state index in [-0.39, 0.29) is 18.3 Å². The highest BCUT2D eigenvalue weighted by molar-refractivity contribution is 7.08. The van der Waals surface area contributed by atoms with Gasteiger partial charge in [-0.05, 0) is 66.1 Å². The Balaban J connectivity index is 1.50. The molecular formula is C28H27N5O2S. The van der Waals surface area contributed by atoms with E-state index in [1.54, 1.807) is 11.3 Å². The average Bonchev–Trinajstić information content (AvgIpc) is 3.58. The second-order valence-electron chi connectivity index (χ2n) is 9.51. The number of nitrogens with zero attached hydrogens (tertiary/aromatic N) is 4. The molecule has 0 atom stereocenters. The minimum atomic E-state index is -0.706. The molecule has 0 saturated heterocycles. The number of aliphatic carboxylic acids is 1. The molecule has 4 heterocycles. The minimum Gasteiger partial charge on any atom is -0.481 e. The first-order valence-electron chi connectivity index (χ1n) is 12.3. The zero-order chi connectivity index (χ0) is 24.6. The molecule has 0 radical (unpaired) electrons. The van der Waals surface area contributed by atoms with Crippen LogP contribution in [0.15, 0.2) is 59.6 Å². The fraction of sp³-hybridized carbons (Fsp3) is 0.286. The van der Waals surface area contributed by atoms with Crippen LogP contribution < -0.4 is 5.32 Å². The molecule has 1 aromatic carbocycles. The second-order valence-corrected chi connectivity index (χ2v) is 10.3. The maximum absolute atomic E-state index is 11.2. The summed E-state index contributed by atoms with van der Waals surface area (Å²) in [7, 11) is 1.93. The van der Waals surface area contributed by atoms with E-state index in [0.717, 1.165) is 76.0 Å². The lowest BCUT2D eigenvalue weighted by molar-refractivity contribution is -0.138. The van der Waals surface area contributed by atoms with Crippen LogP contribution in [-0.2, 0) is 4.79 Å². The van der Waals surface area contributed by atoms with Crippen LogP contribution in [0.1, 0.15) is 43.7 Å². The Morgan fingerprint density at radius 3 is 2.72 bits per heavy atom. The number of thiophene rings is 1. The summed E-state index contributed by atoms with van der Waals surface area (Å²) < 4.78 is 1.90. The standard InChI is InChI=1S/C28H27N5O2S/c1-29-28-25(20-10-11-36-16-20)26(18-8-6-17(7-9-18)12-24(34)35)32-27-22(15-31-33(27)28)21-13-19-4-2-3-5-23(19)30-14-21/h2-5,10-11,13-18,29H,6-9,12H2,1H3,(H,34,35). The topological polar surface area (TPSA) is 92.4 Å². The highest BCUT2D eigenvalue weighted by atomic mass is 32.1. The Labute approximate surface area is 212 Å². The van der Waals surface area contributed by atoms with E-state index in [9.17, 15) is 9.90 Å². The first-order valence-corrected chi connectivity index (χ1v) is 13.3. The van der Waals surface area contributed by atoms with E-state index in [1.165, 1.54) is 0 Å². The number of hydrogen-bond donors (Lipinski definition) is 2. The van der Waals surface area contributed by atoms with Gasteiger partial charge in [0, 0.05) is 47.7 Å². The molecule has 5 aromatic rings. The van der Waals surface area contributed by atoms with Crippen LogP contribution in [0.4, 0.5) is 5.82 Å². The molecule has 36 heavy (non-hydrogen) atoms. The number of rotatable bonds is 6. The summed E-state index contributed by atoms with van der Waals surface area (Å²) in [6.07, 6.45) is 7.69. The summed E-state index contributed by atoms with van der Waals surface area (Å²) in [5.74, 6) is 0.716. The van der Waals surface area contributed by atoms with Crippen LogP contribution >= 0.6 is 11.3 Å². The van der Waals surface area contributed by atoms with Gasteiger partial charge in [-0.3, -0.25) is 9.78 Å². The predicted molar refractivity (Wildman–Crippen MR) is 144 cm³/mol. The minimum absolute atomic E-state index is 0.241. The van der Waals surface area contributed by atoms with Crippen molar-refractivity contribution in [2.24, 2.45) is 5.92 Å². The molecule has 0 spiro atoms. The number of para-hydroxylation sites is 1. The van der Waals surface area contributed by atoms with E-state index in [0.29, 0.717) is 0 Å². The summed E-state index contributed by atoms with van der Waals surface area (Å²) in [4.78, 5) is 21.2. The van der Waals surface area contributed by atoms with Crippen LogP contribution in [0.5, 0.6) is 0 Å². The van der Waals surface area contributed by atoms with Crippen LogP contribution in [0.2, 0.25) is 0 Å². The van der Waals surface area contributed by atoms with Gasteiger partial charge in [0.25, 0.3) is 0 Å². The number of carboxylic acid groups (broad SMARTS) is 1. The molecule has 0 aliphatic heterocycles. The van der Waals surface area contributed by atoms with Gasteiger partial charge < -0.3 is 10.4 Å². The zero-order valence-corrected chi connectivity index (χ0v) is 20.8. The Kier molecular flexibility index (Phi) is 5.89. The van der Waals surface area contributed by atoms with E-state index >= 15 is 0 Å². The maximum Gasteiger partial charge on any atom is 0.303 e. The Bertz CT molecular complexity index is 1550. The fourth-order valence-electron chi connectivity index (χ4n) is 5.54. The number of anilines is 1. The van der Waals surface area contributed by atoms with Crippen molar-refractivity contribution in [2.75, 3.05) is 12.4 Å². The number of carbonyl (C=O) groups is 1. The van der Waals surface area contributed by atoms with Gasteiger partial charge in [-0.2, -0.15) is 21.0 Å². The average molecular weight is 498 g/mol. The number of aromatic nitrogens is 4. The molecule has 0 amide bonds. The quantitative estimate of drug-likeness (QED) is 0.280. The van der Waals surface area contributed by atoms with Gasteiger partial charge in [0.2, 0.25) is 0 Å². The highest BCUT2D eigenvalue weighted by Crippen LogP contribution is 2.44. The normalized spacial score (nSPS) is 18.0. The van der Waals surface area contributed by atoms with Crippen LogP contribution in [0, 0.1) is 5.92 Å².